The molecule has 1 amide bonds. The van der Waals surface area contributed by atoms with E-state index in [1.165, 1.54) is 23.5 Å². The van der Waals surface area contributed by atoms with Gasteiger partial charge >= 0.3 is 5.69 Å². The van der Waals surface area contributed by atoms with Crippen molar-refractivity contribution < 1.29 is 4.79 Å². The molecular formula is C16H11Cl2N3O3S. The van der Waals surface area contributed by atoms with Gasteiger partial charge in [0, 0.05) is 16.8 Å². The number of hydrogen-bond acceptors (Lipinski definition) is 4. The quantitative estimate of drug-likeness (QED) is 0.711. The predicted octanol–water partition coefficient (Wildman–Crippen LogP) is 3.21. The number of hydrogen-bond donors (Lipinski definition) is 2. The number of carbonyl (C=O) groups excluding carboxylic acids is 1. The van der Waals surface area contributed by atoms with Crippen LogP contribution in [0.3, 0.4) is 0 Å². The number of halogens is 2. The topological polar surface area (TPSA) is 84.0 Å². The van der Waals surface area contributed by atoms with E-state index in [1.54, 1.807) is 12.1 Å². The van der Waals surface area contributed by atoms with Crippen molar-refractivity contribution in [1.82, 2.24) is 9.55 Å². The third-order valence-electron chi connectivity index (χ3n) is 3.38. The number of amides is 1. The molecule has 2 N–H and O–H groups in total. The molecule has 0 spiro atoms. The normalized spacial score (nSPS) is 10.6. The fraction of sp³-hybridized carbons (Fsp3) is 0.0625. The Labute approximate surface area is 155 Å². The summed E-state index contributed by atoms with van der Waals surface area (Å²) in [5.41, 5.74) is -1.05. The monoisotopic (exact) mass is 395 g/mol. The lowest BCUT2D eigenvalue weighted by Gasteiger charge is -2.08. The first-order valence-electron chi connectivity index (χ1n) is 7.07. The van der Waals surface area contributed by atoms with Gasteiger partial charge in [0.1, 0.15) is 5.56 Å². The van der Waals surface area contributed by atoms with Gasteiger partial charge in [-0.25, -0.2) is 4.79 Å². The Hall–Kier alpha value is -2.35. The first-order valence-corrected chi connectivity index (χ1v) is 8.70. The molecule has 0 bridgehead atoms. The minimum atomic E-state index is -0.672. The average Bonchev–Trinajstić information content (AvgIpc) is 3.08. The predicted molar refractivity (Wildman–Crippen MR) is 99.2 cm³/mol. The number of H-pyrrole nitrogens is 1. The van der Waals surface area contributed by atoms with E-state index >= 15 is 0 Å². The lowest BCUT2D eigenvalue weighted by molar-refractivity contribution is 0.102. The van der Waals surface area contributed by atoms with Crippen LogP contribution < -0.4 is 16.6 Å². The molecule has 2 heterocycles. The van der Waals surface area contributed by atoms with Crippen LogP contribution in [-0.2, 0) is 6.54 Å². The molecule has 0 aliphatic heterocycles. The van der Waals surface area contributed by atoms with Gasteiger partial charge in [-0.3, -0.25) is 14.2 Å². The number of aromatic nitrogens is 2. The van der Waals surface area contributed by atoms with E-state index < -0.39 is 17.2 Å². The number of anilines is 1. The lowest BCUT2D eigenvalue weighted by atomic mass is 10.2. The Morgan fingerprint density at radius 3 is 2.68 bits per heavy atom. The summed E-state index contributed by atoms with van der Waals surface area (Å²) in [6, 6.07) is 8.18. The van der Waals surface area contributed by atoms with E-state index in [4.69, 9.17) is 23.2 Å². The molecule has 0 saturated heterocycles. The molecule has 3 aromatic rings. The van der Waals surface area contributed by atoms with E-state index in [9.17, 15) is 14.4 Å². The molecular weight excluding hydrogens is 385 g/mol. The molecule has 0 fully saturated rings. The summed E-state index contributed by atoms with van der Waals surface area (Å²) >= 11 is 13.1. The van der Waals surface area contributed by atoms with Crippen LogP contribution in [0.2, 0.25) is 10.0 Å². The second-order valence-electron chi connectivity index (χ2n) is 5.06. The minimum Gasteiger partial charge on any atom is -0.322 e. The number of thiophene rings is 1. The summed E-state index contributed by atoms with van der Waals surface area (Å²) in [4.78, 5) is 40.1. The van der Waals surface area contributed by atoms with E-state index in [1.807, 2.05) is 11.4 Å². The van der Waals surface area contributed by atoms with Crippen molar-refractivity contribution in [2.24, 2.45) is 0 Å². The maximum absolute atomic E-state index is 12.5. The van der Waals surface area contributed by atoms with Gasteiger partial charge in [-0.05, 0) is 29.6 Å². The first-order chi connectivity index (χ1) is 12.0. The van der Waals surface area contributed by atoms with Gasteiger partial charge in [0.25, 0.3) is 11.5 Å². The van der Waals surface area contributed by atoms with Crippen molar-refractivity contribution in [3.63, 3.8) is 0 Å². The fourth-order valence-corrected chi connectivity index (χ4v) is 3.14. The molecule has 9 heteroatoms. The molecule has 0 aliphatic carbocycles. The molecule has 0 saturated carbocycles. The molecule has 3 rings (SSSR count). The summed E-state index contributed by atoms with van der Waals surface area (Å²) in [7, 11) is 0. The van der Waals surface area contributed by atoms with Crippen molar-refractivity contribution in [1.29, 1.82) is 0 Å². The lowest BCUT2D eigenvalue weighted by Crippen LogP contribution is -2.39. The second-order valence-corrected chi connectivity index (χ2v) is 6.91. The van der Waals surface area contributed by atoms with Crippen LogP contribution in [0.15, 0.2) is 51.5 Å². The highest BCUT2D eigenvalue weighted by atomic mass is 35.5. The van der Waals surface area contributed by atoms with Crippen LogP contribution in [0.4, 0.5) is 5.69 Å². The molecule has 25 heavy (non-hydrogen) atoms. The second kappa shape index (κ2) is 7.26. The number of benzene rings is 1. The number of carbonyl (C=O) groups is 1. The molecule has 1 aromatic carbocycles. The number of rotatable bonds is 4. The van der Waals surface area contributed by atoms with Gasteiger partial charge in [0.15, 0.2) is 0 Å². The number of aromatic amines is 1. The highest BCUT2D eigenvalue weighted by Gasteiger charge is 2.16. The van der Waals surface area contributed by atoms with Crippen LogP contribution in [-0.4, -0.2) is 15.5 Å². The van der Waals surface area contributed by atoms with Crippen molar-refractivity contribution in [2.75, 3.05) is 5.32 Å². The van der Waals surface area contributed by atoms with Gasteiger partial charge in [-0.1, -0.05) is 29.3 Å². The summed E-state index contributed by atoms with van der Waals surface area (Å²) < 4.78 is 0.982. The summed E-state index contributed by atoms with van der Waals surface area (Å²) in [5, 5.41) is 5.02. The summed E-state index contributed by atoms with van der Waals surface area (Å²) in [6.07, 6.45) is 1.10. The first kappa shape index (κ1) is 17.5. The van der Waals surface area contributed by atoms with E-state index in [-0.39, 0.29) is 17.1 Å². The standard InChI is InChI=1S/C16H11Cl2N3O3S/c17-12-4-3-9(6-13(12)18)20-14(22)11-7-19-16(24)21(15(11)23)8-10-2-1-5-25-10/h1-7H,8H2,(H,19,24)(H,20,22). The molecule has 0 radical (unpaired) electrons. The number of nitrogens with one attached hydrogen (secondary N) is 2. The molecule has 2 aromatic heterocycles. The van der Waals surface area contributed by atoms with Crippen molar-refractivity contribution in [2.45, 2.75) is 6.54 Å². The van der Waals surface area contributed by atoms with Crippen LogP contribution in [0, 0.1) is 0 Å². The van der Waals surface area contributed by atoms with Gasteiger partial charge in [0.05, 0.1) is 16.6 Å². The Balaban J connectivity index is 1.91. The van der Waals surface area contributed by atoms with Gasteiger partial charge in [-0.2, -0.15) is 0 Å². The summed E-state index contributed by atoms with van der Waals surface area (Å²) in [5.74, 6) is -0.653. The Morgan fingerprint density at radius 1 is 1.20 bits per heavy atom. The van der Waals surface area contributed by atoms with Crippen LogP contribution in [0.25, 0.3) is 0 Å². The Kier molecular flexibility index (Phi) is 5.08. The van der Waals surface area contributed by atoms with Crippen LogP contribution >= 0.6 is 34.5 Å². The Bertz CT molecular complexity index is 1040. The largest absolute Gasteiger partial charge is 0.328 e. The van der Waals surface area contributed by atoms with Gasteiger partial charge in [-0.15, -0.1) is 11.3 Å². The zero-order chi connectivity index (χ0) is 18.0. The van der Waals surface area contributed by atoms with E-state index in [0.29, 0.717) is 10.7 Å². The fourth-order valence-electron chi connectivity index (χ4n) is 2.15. The average molecular weight is 396 g/mol. The maximum Gasteiger partial charge on any atom is 0.328 e. The third kappa shape index (κ3) is 3.84. The van der Waals surface area contributed by atoms with Crippen molar-refractivity contribution in [3.05, 3.63) is 83.2 Å². The zero-order valence-corrected chi connectivity index (χ0v) is 14.9. The maximum atomic E-state index is 12.5. The smallest absolute Gasteiger partial charge is 0.322 e. The van der Waals surface area contributed by atoms with Gasteiger partial charge in [0.2, 0.25) is 0 Å². The van der Waals surface area contributed by atoms with Gasteiger partial charge < -0.3 is 10.3 Å². The third-order valence-corrected chi connectivity index (χ3v) is 4.98. The summed E-state index contributed by atoms with van der Waals surface area (Å²) in [6.45, 7) is 0.0970. The van der Waals surface area contributed by atoms with E-state index in [0.717, 1.165) is 15.6 Å². The minimum absolute atomic E-state index is 0.0970. The molecule has 0 unspecified atom stereocenters. The zero-order valence-electron chi connectivity index (χ0n) is 12.6. The van der Waals surface area contributed by atoms with Crippen LogP contribution in [0.1, 0.15) is 15.2 Å². The van der Waals surface area contributed by atoms with Crippen molar-refractivity contribution >= 4 is 46.1 Å². The number of nitrogens with zero attached hydrogens (tertiary/aromatic N) is 1. The molecule has 0 atom stereocenters. The van der Waals surface area contributed by atoms with E-state index in [2.05, 4.69) is 10.3 Å². The van der Waals surface area contributed by atoms with Crippen LogP contribution in [0.5, 0.6) is 0 Å². The Morgan fingerprint density at radius 2 is 2.00 bits per heavy atom. The highest BCUT2D eigenvalue weighted by Crippen LogP contribution is 2.25. The molecule has 0 aliphatic rings. The highest BCUT2D eigenvalue weighted by molar-refractivity contribution is 7.09. The SMILES string of the molecule is O=C(Nc1ccc(Cl)c(Cl)c1)c1c[nH]c(=O)n(Cc2cccs2)c1=O. The molecule has 6 nitrogen and oxygen atoms in total. The molecule has 128 valence electrons. The van der Waals surface area contributed by atoms with Crippen molar-refractivity contribution in [3.8, 4) is 0 Å².